The number of aromatic nitrogens is 4. The molecule has 1 unspecified atom stereocenters. The molecule has 114 valence electrons. The number of hydrogen-bond acceptors (Lipinski definition) is 3. The van der Waals surface area contributed by atoms with Crippen molar-refractivity contribution in [3.05, 3.63) is 33.5 Å². The summed E-state index contributed by atoms with van der Waals surface area (Å²) < 4.78 is 4.21. The zero-order chi connectivity index (χ0) is 15.6. The summed E-state index contributed by atoms with van der Waals surface area (Å²) in [5, 5.41) is 7.07. The van der Waals surface area contributed by atoms with Crippen LogP contribution in [0.3, 0.4) is 0 Å². The number of rotatable bonds is 5. The Kier molecular flexibility index (Phi) is 4.77. The smallest absolute Gasteiger partial charge is 0.261 e. The number of nitrogens with zero attached hydrogens (tertiary/aromatic N) is 3. The Balaban J connectivity index is 2.58. The highest BCUT2D eigenvalue weighted by Gasteiger charge is 2.16. The molecule has 1 N–H and O–H groups in total. The maximum atomic E-state index is 12.6. The topological polar surface area (TPSA) is 55.6 Å². The van der Waals surface area contributed by atoms with E-state index in [1.54, 1.807) is 4.57 Å². The van der Waals surface area contributed by atoms with Crippen molar-refractivity contribution in [3.63, 3.8) is 0 Å². The molecule has 0 saturated heterocycles. The van der Waals surface area contributed by atoms with Gasteiger partial charge in [-0.1, -0.05) is 20.8 Å². The molecule has 2 rings (SSSR count). The highest BCUT2D eigenvalue weighted by atomic mass is 32.1. The van der Waals surface area contributed by atoms with Gasteiger partial charge in [0.1, 0.15) is 0 Å². The Morgan fingerprint density at radius 2 is 2.10 bits per heavy atom. The van der Waals surface area contributed by atoms with Gasteiger partial charge < -0.3 is 4.57 Å². The molecule has 0 aromatic carbocycles. The van der Waals surface area contributed by atoms with Crippen molar-refractivity contribution >= 4 is 12.2 Å². The molecule has 0 saturated carbocycles. The number of nitrogens with one attached hydrogen (secondary N) is 1. The van der Waals surface area contributed by atoms with E-state index in [1.165, 1.54) is 0 Å². The monoisotopic (exact) mass is 306 g/mol. The minimum absolute atomic E-state index is 0.0234. The highest BCUT2D eigenvalue weighted by molar-refractivity contribution is 7.71. The van der Waals surface area contributed by atoms with Gasteiger partial charge in [0.25, 0.3) is 5.56 Å². The number of hydrogen-bond donors (Lipinski definition) is 1. The third kappa shape index (κ3) is 3.15. The lowest BCUT2D eigenvalue weighted by Crippen LogP contribution is -2.24. The minimum atomic E-state index is -0.0234. The van der Waals surface area contributed by atoms with E-state index in [-0.39, 0.29) is 11.6 Å². The van der Waals surface area contributed by atoms with E-state index in [9.17, 15) is 4.79 Å². The van der Waals surface area contributed by atoms with Crippen molar-refractivity contribution in [2.75, 3.05) is 0 Å². The highest BCUT2D eigenvalue weighted by Crippen LogP contribution is 2.20. The lowest BCUT2D eigenvalue weighted by molar-refractivity contribution is 0.509. The van der Waals surface area contributed by atoms with Gasteiger partial charge in [-0.15, -0.1) is 0 Å². The van der Waals surface area contributed by atoms with Crippen LogP contribution in [0.1, 0.15) is 40.2 Å². The van der Waals surface area contributed by atoms with Gasteiger partial charge in [0.2, 0.25) is 0 Å². The summed E-state index contributed by atoms with van der Waals surface area (Å²) in [5.41, 5.74) is 0.565. The number of H-pyrrole nitrogens is 1. The quantitative estimate of drug-likeness (QED) is 0.861. The first-order valence-corrected chi connectivity index (χ1v) is 7.73. The molecule has 21 heavy (non-hydrogen) atoms. The maximum Gasteiger partial charge on any atom is 0.261 e. The summed E-state index contributed by atoms with van der Waals surface area (Å²) >= 11 is 5.30. The van der Waals surface area contributed by atoms with Crippen molar-refractivity contribution in [2.45, 2.75) is 46.7 Å². The molecule has 0 spiro atoms. The van der Waals surface area contributed by atoms with E-state index < -0.39 is 0 Å². The normalized spacial score (nSPS) is 12.8. The van der Waals surface area contributed by atoms with Gasteiger partial charge in [0.15, 0.2) is 10.6 Å². The van der Waals surface area contributed by atoms with Crippen LogP contribution >= 0.6 is 12.2 Å². The summed E-state index contributed by atoms with van der Waals surface area (Å²) in [5.74, 6) is 1.03. The van der Waals surface area contributed by atoms with Crippen molar-refractivity contribution in [3.8, 4) is 11.4 Å². The largest absolute Gasteiger partial charge is 0.315 e. The summed E-state index contributed by atoms with van der Waals surface area (Å²) in [4.78, 5) is 12.6. The Hall–Kier alpha value is -1.69. The summed E-state index contributed by atoms with van der Waals surface area (Å²) in [6.45, 7) is 9.04. The van der Waals surface area contributed by atoms with Gasteiger partial charge in [0, 0.05) is 18.8 Å². The molecule has 0 radical (unpaired) electrons. The zero-order valence-corrected chi connectivity index (χ0v) is 13.8. The average molecular weight is 306 g/mol. The van der Waals surface area contributed by atoms with Crippen LogP contribution in [0.4, 0.5) is 0 Å². The molecule has 0 amide bonds. The van der Waals surface area contributed by atoms with Gasteiger partial charge in [0.05, 0.1) is 5.56 Å². The fraction of sp³-hybridized carbons (Fsp3) is 0.533. The Morgan fingerprint density at radius 1 is 1.38 bits per heavy atom. The zero-order valence-electron chi connectivity index (χ0n) is 13.0. The van der Waals surface area contributed by atoms with Gasteiger partial charge in [-0.25, -0.2) is 0 Å². The Labute approximate surface area is 129 Å². The molecular weight excluding hydrogens is 284 g/mol. The number of pyridine rings is 1. The van der Waals surface area contributed by atoms with Crippen LogP contribution in [-0.2, 0) is 6.54 Å². The van der Waals surface area contributed by atoms with E-state index in [0.29, 0.717) is 28.6 Å². The summed E-state index contributed by atoms with van der Waals surface area (Å²) in [6, 6.07) is 3.89. The molecule has 0 aliphatic heterocycles. The lowest BCUT2D eigenvalue weighted by Gasteiger charge is -2.14. The third-order valence-electron chi connectivity index (χ3n) is 3.56. The van der Waals surface area contributed by atoms with Gasteiger partial charge in [-0.05, 0) is 43.6 Å². The maximum absolute atomic E-state index is 12.6. The van der Waals surface area contributed by atoms with E-state index in [0.717, 1.165) is 6.42 Å². The molecule has 2 aromatic rings. The van der Waals surface area contributed by atoms with Gasteiger partial charge in [-0.2, -0.15) is 5.10 Å². The lowest BCUT2D eigenvalue weighted by atomic mass is 10.2. The Bertz CT molecular complexity index is 726. The van der Waals surface area contributed by atoms with E-state index in [2.05, 4.69) is 37.9 Å². The first kappa shape index (κ1) is 15.7. The summed E-state index contributed by atoms with van der Waals surface area (Å²) in [7, 11) is 0. The summed E-state index contributed by atoms with van der Waals surface area (Å²) in [6.07, 6.45) is 2.74. The average Bonchev–Trinajstić information content (AvgIpc) is 2.81. The SMILES string of the molecule is CCC(C)n1c(-c2cccn(CC(C)C)c2=O)n[nH]c1=S. The van der Waals surface area contributed by atoms with E-state index in [1.807, 2.05) is 22.9 Å². The van der Waals surface area contributed by atoms with Crippen LogP contribution in [0.5, 0.6) is 0 Å². The molecule has 2 heterocycles. The van der Waals surface area contributed by atoms with Crippen LogP contribution < -0.4 is 5.56 Å². The van der Waals surface area contributed by atoms with Gasteiger partial charge in [-0.3, -0.25) is 14.5 Å². The molecule has 0 aliphatic carbocycles. The molecule has 0 fully saturated rings. The van der Waals surface area contributed by atoms with Crippen molar-refractivity contribution in [1.29, 1.82) is 0 Å². The number of aromatic amines is 1. The second-order valence-corrected chi connectivity index (χ2v) is 6.14. The van der Waals surface area contributed by atoms with Crippen LogP contribution in [0.25, 0.3) is 11.4 Å². The molecule has 5 nitrogen and oxygen atoms in total. The second kappa shape index (κ2) is 6.39. The molecule has 6 heteroatoms. The van der Waals surface area contributed by atoms with E-state index >= 15 is 0 Å². The predicted molar refractivity (Wildman–Crippen MR) is 86.9 cm³/mol. The van der Waals surface area contributed by atoms with E-state index in [4.69, 9.17) is 12.2 Å². The minimum Gasteiger partial charge on any atom is -0.315 e. The predicted octanol–water partition coefficient (Wildman–Crippen LogP) is 3.40. The fourth-order valence-corrected chi connectivity index (χ4v) is 2.64. The molecule has 0 bridgehead atoms. The van der Waals surface area contributed by atoms with Crippen molar-refractivity contribution < 1.29 is 0 Å². The second-order valence-electron chi connectivity index (χ2n) is 5.75. The molecule has 0 aliphatic rings. The molecule has 2 aromatic heterocycles. The van der Waals surface area contributed by atoms with Gasteiger partial charge >= 0.3 is 0 Å². The molecular formula is C15H22N4OS. The van der Waals surface area contributed by atoms with Crippen LogP contribution in [0, 0.1) is 10.7 Å². The van der Waals surface area contributed by atoms with Crippen LogP contribution in [0.15, 0.2) is 23.1 Å². The fourth-order valence-electron chi connectivity index (χ4n) is 2.33. The standard InChI is InChI=1S/C15H22N4OS/c1-5-11(4)19-13(16-17-15(19)21)12-7-6-8-18(14(12)20)9-10(2)3/h6-8,10-11H,5,9H2,1-4H3,(H,17,21). The van der Waals surface area contributed by atoms with Crippen LogP contribution in [-0.4, -0.2) is 19.3 Å². The molecule has 1 atom stereocenters. The first-order chi connectivity index (χ1) is 9.95. The van der Waals surface area contributed by atoms with Crippen LogP contribution in [0.2, 0.25) is 0 Å². The first-order valence-electron chi connectivity index (χ1n) is 7.32. The van der Waals surface area contributed by atoms with Crippen molar-refractivity contribution in [2.24, 2.45) is 5.92 Å². The third-order valence-corrected chi connectivity index (χ3v) is 3.85. The van der Waals surface area contributed by atoms with Crippen molar-refractivity contribution in [1.82, 2.24) is 19.3 Å². The Morgan fingerprint density at radius 3 is 2.71 bits per heavy atom.